The van der Waals surface area contributed by atoms with Crippen LogP contribution < -0.4 is 24.4 Å². The molecule has 2 aliphatic rings. The highest BCUT2D eigenvalue weighted by Crippen LogP contribution is 2.44. The molecular weight excluding hydrogens is 599 g/mol. The molecule has 1 aliphatic carbocycles. The summed E-state index contributed by atoms with van der Waals surface area (Å²) in [5.74, 6) is 1.61. The van der Waals surface area contributed by atoms with Gasteiger partial charge in [0.05, 0.1) is 34.1 Å². The van der Waals surface area contributed by atoms with Crippen molar-refractivity contribution in [2.75, 3.05) is 14.2 Å². The standard InChI is InChI=1S/C29H23IN2O4S/c1-35-18-9-12-24(36-2)21(15-18)27-20-10-8-17-5-3-4-6-19(17)26(20)31-29-32(27)28(34)25(37-29)14-16-7-11-23(33)22(30)13-16/h3-7,9,11-15,27,33H,8,10H2,1-2H3. The average molecular weight is 622 g/mol. The minimum Gasteiger partial charge on any atom is -0.507 e. The maximum Gasteiger partial charge on any atom is 0.271 e. The molecule has 0 saturated heterocycles. The molecular formula is C29H23IN2O4S. The SMILES string of the molecule is COc1ccc(OC)c(C2C3=C(N=c4sc(=Cc5ccc(O)c(I)c5)c(=O)n42)c2ccccc2CC3)c1. The molecule has 1 aromatic heterocycles. The molecule has 37 heavy (non-hydrogen) atoms. The number of phenols is 1. The minimum atomic E-state index is -0.369. The number of hydrogen-bond acceptors (Lipinski definition) is 6. The summed E-state index contributed by atoms with van der Waals surface area (Å²) in [4.78, 5) is 19.7. The molecule has 1 N–H and O–H groups in total. The highest BCUT2D eigenvalue weighted by Gasteiger charge is 2.34. The number of benzene rings is 3. The van der Waals surface area contributed by atoms with Crippen LogP contribution in [0.1, 0.15) is 34.7 Å². The van der Waals surface area contributed by atoms with E-state index in [-0.39, 0.29) is 17.4 Å². The van der Waals surface area contributed by atoms with E-state index in [2.05, 4.69) is 40.8 Å². The van der Waals surface area contributed by atoms with Crippen LogP contribution in [0.4, 0.5) is 0 Å². The third kappa shape index (κ3) is 4.08. The van der Waals surface area contributed by atoms with Gasteiger partial charge >= 0.3 is 0 Å². The molecule has 3 aromatic carbocycles. The van der Waals surface area contributed by atoms with E-state index in [1.54, 1.807) is 30.9 Å². The lowest BCUT2D eigenvalue weighted by molar-refractivity contribution is 0.392. The normalized spacial score (nSPS) is 16.5. The summed E-state index contributed by atoms with van der Waals surface area (Å²) in [7, 11) is 3.28. The van der Waals surface area contributed by atoms with Gasteiger partial charge in [-0.15, -0.1) is 0 Å². The number of aromatic nitrogens is 1. The lowest BCUT2D eigenvalue weighted by Gasteiger charge is -2.31. The average Bonchev–Trinajstić information content (AvgIpc) is 3.23. The van der Waals surface area contributed by atoms with Crippen molar-refractivity contribution in [3.63, 3.8) is 0 Å². The van der Waals surface area contributed by atoms with Gasteiger partial charge in [0.15, 0.2) is 4.80 Å². The van der Waals surface area contributed by atoms with Crippen molar-refractivity contribution in [2.45, 2.75) is 18.9 Å². The van der Waals surface area contributed by atoms with Crippen LogP contribution in [0.3, 0.4) is 0 Å². The maximum atomic E-state index is 14.0. The predicted molar refractivity (Wildman–Crippen MR) is 153 cm³/mol. The molecule has 2 heterocycles. The molecule has 8 heteroatoms. The van der Waals surface area contributed by atoms with E-state index in [1.807, 2.05) is 36.4 Å². The van der Waals surface area contributed by atoms with Crippen molar-refractivity contribution in [1.29, 1.82) is 0 Å². The Hall–Kier alpha value is -3.37. The third-order valence-electron chi connectivity index (χ3n) is 6.87. The van der Waals surface area contributed by atoms with E-state index in [0.717, 1.165) is 44.4 Å². The van der Waals surface area contributed by atoms with Gasteiger partial charge in [0.2, 0.25) is 0 Å². The summed E-state index contributed by atoms with van der Waals surface area (Å²) < 4.78 is 14.4. The first-order valence-electron chi connectivity index (χ1n) is 11.8. The molecule has 4 aromatic rings. The van der Waals surface area contributed by atoms with E-state index in [1.165, 1.54) is 16.9 Å². The number of methoxy groups -OCH3 is 2. The zero-order valence-corrected chi connectivity index (χ0v) is 23.2. The number of fused-ring (bicyclic) bond motifs is 3. The van der Waals surface area contributed by atoms with E-state index in [4.69, 9.17) is 14.5 Å². The Morgan fingerprint density at radius 1 is 1.08 bits per heavy atom. The Labute approximate surface area is 231 Å². The molecule has 186 valence electrons. The molecule has 6 rings (SSSR count). The largest absolute Gasteiger partial charge is 0.507 e. The summed E-state index contributed by atoms with van der Waals surface area (Å²) in [6.45, 7) is 0. The smallest absolute Gasteiger partial charge is 0.271 e. The second-order valence-corrected chi connectivity index (χ2v) is 11.1. The van der Waals surface area contributed by atoms with Crippen molar-refractivity contribution in [3.05, 3.63) is 112 Å². The number of hydrogen-bond donors (Lipinski definition) is 1. The van der Waals surface area contributed by atoms with E-state index < -0.39 is 0 Å². The fourth-order valence-corrected chi connectivity index (χ4v) is 6.66. The molecule has 0 radical (unpaired) electrons. The van der Waals surface area contributed by atoms with Crippen LogP contribution in [-0.2, 0) is 6.42 Å². The summed E-state index contributed by atoms with van der Waals surface area (Å²) in [6.07, 6.45) is 3.53. The van der Waals surface area contributed by atoms with Crippen molar-refractivity contribution in [1.82, 2.24) is 4.57 Å². The summed E-state index contributed by atoms with van der Waals surface area (Å²) >= 11 is 3.46. The highest BCUT2D eigenvalue weighted by atomic mass is 127. The number of aryl methyl sites for hydroxylation is 1. The van der Waals surface area contributed by atoms with Gasteiger partial charge < -0.3 is 14.6 Å². The highest BCUT2D eigenvalue weighted by molar-refractivity contribution is 14.1. The van der Waals surface area contributed by atoms with Crippen LogP contribution >= 0.6 is 33.9 Å². The van der Waals surface area contributed by atoms with Crippen LogP contribution in [0.2, 0.25) is 0 Å². The first kappa shape index (κ1) is 24.0. The monoisotopic (exact) mass is 622 g/mol. The van der Waals surface area contributed by atoms with Crippen LogP contribution in [0.5, 0.6) is 17.2 Å². The molecule has 0 fully saturated rings. The summed E-state index contributed by atoms with van der Waals surface area (Å²) in [5.41, 5.74) is 6.02. The number of aromatic hydroxyl groups is 1. The number of halogens is 1. The zero-order valence-electron chi connectivity index (χ0n) is 20.2. The predicted octanol–water partition coefficient (Wildman–Crippen LogP) is 4.65. The molecule has 0 saturated carbocycles. The van der Waals surface area contributed by atoms with E-state index >= 15 is 0 Å². The number of nitrogens with zero attached hydrogens (tertiary/aromatic N) is 2. The van der Waals surface area contributed by atoms with Gasteiger partial charge in [-0.3, -0.25) is 9.36 Å². The fourth-order valence-electron chi connectivity index (χ4n) is 5.12. The van der Waals surface area contributed by atoms with Gasteiger partial charge in [0.25, 0.3) is 5.56 Å². The van der Waals surface area contributed by atoms with Gasteiger partial charge in [-0.25, -0.2) is 4.99 Å². The topological polar surface area (TPSA) is 73.1 Å². The Kier molecular flexibility index (Phi) is 6.16. The number of phenolic OH excluding ortho intramolecular Hbond substituents is 1. The number of rotatable bonds is 4. The molecule has 6 nitrogen and oxygen atoms in total. The van der Waals surface area contributed by atoms with E-state index in [0.29, 0.717) is 20.8 Å². The Morgan fingerprint density at radius 2 is 1.92 bits per heavy atom. The van der Waals surface area contributed by atoms with E-state index in [9.17, 15) is 9.90 Å². The Bertz CT molecular complexity index is 1770. The third-order valence-corrected chi connectivity index (χ3v) is 8.72. The van der Waals surface area contributed by atoms with Gasteiger partial charge in [0.1, 0.15) is 17.2 Å². The first-order chi connectivity index (χ1) is 18.0. The lowest BCUT2D eigenvalue weighted by atomic mass is 9.83. The molecule has 1 aliphatic heterocycles. The summed E-state index contributed by atoms with van der Waals surface area (Å²) in [5, 5.41) is 9.92. The maximum absolute atomic E-state index is 14.0. The molecule has 1 unspecified atom stereocenters. The Balaban J connectivity index is 1.65. The van der Waals surface area contributed by atoms with Gasteiger partial charge in [-0.2, -0.15) is 0 Å². The van der Waals surface area contributed by atoms with Crippen molar-refractivity contribution < 1.29 is 14.6 Å². The second kappa shape index (κ2) is 9.50. The van der Waals surface area contributed by atoms with Gasteiger partial charge in [-0.1, -0.05) is 41.7 Å². The van der Waals surface area contributed by atoms with Gasteiger partial charge in [-0.05, 0) is 88.5 Å². The number of ether oxygens (including phenoxy) is 2. The van der Waals surface area contributed by atoms with Crippen molar-refractivity contribution in [2.24, 2.45) is 4.99 Å². The van der Waals surface area contributed by atoms with Crippen LogP contribution in [0.15, 0.2) is 76.0 Å². The van der Waals surface area contributed by atoms with Crippen LogP contribution in [0, 0.1) is 3.57 Å². The zero-order chi connectivity index (χ0) is 25.7. The number of allylic oxidation sites excluding steroid dienone is 1. The lowest BCUT2D eigenvalue weighted by Crippen LogP contribution is -2.39. The number of thiazole rings is 1. The quantitative estimate of drug-likeness (QED) is 0.337. The van der Waals surface area contributed by atoms with Crippen LogP contribution in [-0.4, -0.2) is 23.9 Å². The second-order valence-electron chi connectivity index (χ2n) is 8.93. The molecule has 1 atom stereocenters. The minimum absolute atomic E-state index is 0.105. The van der Waals surface area contributed by atoms with Gasteiger partial charge in [0, 0.05) is 11.1 Å². The Morgan fingerprint density at radius 3 is 2.70 bits per heavy atom. The van der Waals surface area contributed by atoms with Crippen molar-refractivity contribution in [3.8, 4) is 17.2 Å². The fraction of sp³-hybridized carbons (Fsp3) is 0.172. The first-order valence-corrected chi connectivity index (χ1v) is 13.7. The van der Waals surface area contributed by atoms with Crippen LogP contribution in [0.25, 0.3) is 11.8 Å². The summed E-state index contributed by atoms with van der Waals surface area (Å²) in [6, 6.07) is 19.0. The molecule has 0 bridgehead atoms. The molecule has 0 amide bonds. The van der Waals surface area contributed by atoms with Crippen molar-refractivity contribution >= 4 is 45.7 Å². The molecule has 0 spiro atoms.